The van der Waals surface area contributed by atoms with Gasteiger partial charge in [0, 0.05) is 44.7 Å². The number of likely N-dealkylation sites (N-methyl/N-ethyl adjacent to an activating group) is 1. The molecule has 1 aromatic heterocycles. The molecule has 0 radical (unpaired) electrons. The molecule has 0 spiro atoms. The zero-order valence-electron chi connectivity index (χ0n) is 24.8. The van der Waals surface area contributed by atoms with Crippen molar-refractivity contribution in [3.8, 4) is 11.5 Å². The maximum Gasteiger partial charge on any atom is 0.407 e. The van der Waals surface area contributed by atoms with Crippen LogP contribution in [0, 0.1) is 11.6 Å². The van der Waals surface area contributed by atoms with Gasteiger partial charge >= 0.3 is 6.09 Å². The molecule has 16 heteroatoms. The normalized spacial score (nSPS) is 14.6. The van der Waals surface area contributed by atoms with Crippen molar-refractivity contribution in [1.29, 1.82) is 0 Å². The molecule has 4 aromatic rings. The topological polar surface area (TPSA) is 137 Å². The number of carbonyl (C=O) groups is 1. The molecule has 0 aliphatic carbocycles. The molecule has 1 atom stereocenters. The average molecular weight is 675 g/mol. The number of methoxy groups -OCH3 is 2. The number of amides is 1. The van der Waals surface area contributed by atoms with Crippen LogP contribution in [-0.4, -0.2) is 74.9 Å². The number of sulfonamides is 1. The van der Waals surface area contributed by atoms with Crippen LogP contribution >= 0.6 is 11.6 Å². The van der Waals surface area contributed by atoms with Crippen LogP contribution in [0.1, 0.15) is 6.42 Å². The summed E-state index contributed by atoms with van der Waals surface area (Å²) >= 11 is 6.55. The summed E-state index contributed by atoms with van der Waals surface area (Å²) in [6, 6.07) is 9.88. The van der Waals surface area contributed by atoms with E-state index in [2.05, 4.69) is 15.3 Å². The van der Waals surface area contributed by atoms with Gasteiger partial charge in [0.05, 0.1) is 48.5 Å². The van der Waals surface area contributed by atoms with Gasteiger partial charge in [-0.05, 0) is 42.8 Å². The van der Waals surface area contributed by atoms with Crippen molar-refractivity contribution in [3.05, 3.63) is 83.8 Å². The number of anilines is 5. The lowest BCUT2D eigenvalue weighted by atomic mass is 10.2. The van der Waals surface area contributed by atoms with Gasteiger partial charge in [-0.3, -0.25) is 4.98 Å². The smallest absolute Gasteiger partial charge is 0.407 e. The summed E-state index contributed by atoms with van der Waals surface area (Å²) in [7, 11) is -0.491. The highest BCUT2D eigenvalue weighted by molar-refractivity contribution is 7.93. The second-order valence-electron chi connectivity index (χ2n) is 10.2. The fourth-order valence-corrected chi connectivity index (χ4v) is 6.89. The second-order valence-corrected chi connectivity index (χ2v) is 12.4. The quantitative estimate of drug-likeness (QED) is 0.210. The molecule has 1 unspecified atom stereocenters. The van der Waals surface area contributed by atoms with Crippen LogP contribution in [0.4, 0.5) is 42.1 Å². The highest BCUT2D eigenvalue weighted by Gasteiger charge is 2.34. The molecule has 1 aliphatic rings. The molecule has 242 valence electrons. The van der Waals surface area contributed by atoms with Gasteiger partial charge < -0.3 is 29.7 Å². The predicted molar refractivity (Wildman–Crippen MR) is 168 cm³/mol. The number of hydrogen-bond acceptors (Lipinski definition) is 9. The molecule has 1 saturated heterocycles. The van der Waals surface area contributed by atoms with E-state index >= 15 is 4.39 Å². The Kier molecular flexibility index (Phi) is 9.34. The number of carboxylic acid groups (broad SMARTS) is 1. The van der Waals surface area contributed by atoms with E-state index in [1.54, 1.807) is 4.90 Å². The summed E-state index contributed by atoms with van der Waals surface area (Å²) in [5, 5.41) is 12.2. The summed E-state index contributed by atoms with van der Waals surface area (Å²) in [6.45, 7) is 0.736. The molecule has 2 N–H and O–H groups in total. The largest absolute Gasteiger partial charge is 0.497 e. The van der Waals surface area contributed by atoms with E-state index < -0.39 is 32.6 Å². The van der Waals surface area contributed by atoms with Gasteiger partial charge in [0.2, 0.25) is 0 Å². The first-order chi connectivity index (χ1) is 21.9. The van der Waals surface area contributed by atoms with Crippen LogP contribution in [0.2, 0.25) is 5.02 Å². The van der Waals surface area contributed by atoms with Crippen molar-refractivity contribution in [1.82, 2.24) is 14.9 Å². The van der Waals surface area contributed by atoms with Crippen LogP contribution in [0.25, 0.3) is 0 Å². The average Bonchev–Trinajstić information content (AvgIpc) is 3.53. The van der Waals surface area contributed by atoms with Crippen LogP contribution < -0.4 is 24.0 Å². The summed E-state index contributed by atoms with van der Waals surface area (Å²) in [5.41, 5.74) is 0.767. The van der Waals surface area contributed by atoms with Crippen molar-refractivity contribution in [2.24, 2.45) is 0 Å². The third-order valence-corrected chi connectivity index (χ3v) is 9.53. The molecule has 2 heterocycles. The second kappa shape index (κ2) is 13.2. The summed E-state index contributed by atoms with van der Waals surface area (Å²) in [6.07, 6.45) is 3.27. The Hall–Kier alpha value is -4.89. The number of hydrogen-bond donors (Lipinski definition) is 2. The Bertz CT molecular complexity index is 1870. The van der Waals surface area contributed by atoms with Crippen molar-refractivity contribution >= 4 is 56.3 Å². The fraction of sp³-hybridized carbons (Fsp3) is 0.233. The van der Waals surface area contributed by atoms with Crippen LogP contribution in [0.15, 0.2) is 72.0 Å². The maximum atomic E-state index is 15.9. The highest BCUT2D eigenvalue weighted by Crippen LogP contribution is 2.42. The molecule has 1 fully saturated rings. The van der Waals surface area contributed by atoms with Gasteiger partial charge in [-0.2, -0.15) is 0 Å². The Balaban J connectivity index is 1.52. The van der Waals surface area contributed by atoms with E-state index in [9.17, 15) is 22.7 Å². The third kappa shape index (κ3) is 6.41. The zero-order valence-corrected chi connectivity index (χ0v) is 26.4. The molecule has 1 aliphatic heterocycles. The number of ether oxygens (including phenoxy) is 2. The fourth-order valence-electron chi connectivity index (χ4n) is 5.10. The van der Waals surface area contributed by atoms with E-state index in [0.717, 1.165) is 16.4 Å². The van der Waals surface area contributed by atoms with Gasteiger partial charge in [-0.25, -0.2) is 31.3 Å². The summed E-state index contributed by atoms with van der Waals surface area (Å²) < 4.78 is 70.0. The van der Waals surface area contributed by atoms with Crippen molar-refractivity contribution in [2.45, 2.75) is 17.4 Å². The lowest BCUT2D eigenvalue weighted by molar-refractivity contribution is 0.142. The molecule has 12 nitrogen and oxygen atoms in total. The van der Waals surface area contributed by atoms with Gasteiger partial charge in [-0.15, -0.1) is 0 Å². The minimum atomic E-state index is -4.74. The molecule has 1 amide bonds. The van der Waals surface area contributed by atoms with E-state index in [1.165, 1.54) is 81.2 Å². The van der Waals surface area contributed by atoms with Crippen LogP contribution in [0.3, 0.4) is 0 Å². The number of aromatic nitrogens is 2. The Morgan fingerprint density at radius 1 is 1.09 bits per heavy atom. The molecular formula is C30H29ClF2N6O6S. The van der Waals surface area contributed by atoms with E-state index in [1.807, 2.05) is 0 Å². The molecule has 0 bridgehead atoms. The lowest BCUT2D eigenvalue weighted by Gasteiger charge is -2.26. The number of nitrogens with zero attached hydrogens (tertiary/aromatic N) is 5. The first-order valence-electron chi connectivity index (χ1n) is 13.7. The van der Waals surface area contributed by atoms with Gasteiger partial charge in [0.15, 0.2) is 5.82 Å². The van der Waals surface area contributed by atoms with Crippen molar-refractivity contribution < 1.29 is 36.6 Å². The van der Waals surface area contributed by atoms with Gasteiger partial charge in [0.1, 0.15) is 33.7 Å². The predicted octanol–water partition coefficient (Wildman–Crippen LogP) is 5.88. The minimum Gasteiger partial charge on any atom is -0.497 e. The number of rotatable bonds is 10. The van der Waals surface area contributed by atoms with E-state index in [-0.39, 0.29) is 34.0 Å². The number of halogens is 3. The number of benzene rings is 3. The molecule has 46 heavy (non-hydrogen) atoms. The highest BCUT2D eigenvalue weighted by atomic mass is 35.5. The van der Waals surface area contributed by atoms with Crippen LogP contribution in [0.5, 0.6) is 11.5 Å². The molecule has 5 rings (SSSR count). The van der Waals surface area contributed by atoms with Crippen LogP contribution in [-0.2, 0) is 10.0 Å². The molecule has 3 aromatic carbocycles. The first kappa shape index (κ1) is 32.5. The van der Waals surface area contributed by atoms with E-state index in [0.29, 0.717) is 36.6 Å². The van der Waals surface area contributed by atoms with E-state index in [4.69, 9.17) is 21.1 Å². The van der Waals surface area contributed by atoms with Gasteiger partial charge in [-0.1, -0.05) is 11.6 Å². The monoisotopic (exact) mass is 674 g/mol. The Labute approximate surface area is 268 Å². The first-order valence-corrected chi connectivity index (χ1v) is 15.6. The SMILES string of the molecule is COc1ccc(N(c2cnccn2)S(=O)(=O)c2cc(Cl)c(Nc3ccc(F)cc3N3CCC(N(C)C(=O)O)C3)cc2F)c(OC)c1. The Morgan fingerprint density at radius 2 is 1.87 bits per heavy atom. The lowest BCUT2D eigenvalue weighted by Crippen LogP contribution is -2.38. The van der Waals surface area contributed by atoms with Crippen molar-refractivity contribution in [3.63, 3.8) is 0 Å². The molecular weight excluding hydrogens is 646 g/mol. The standard InChI is InChI=1S/C30H29ClF2N6O6S/c1-37(30(40)41)19-8-11-38(17-19)26-12-18(32)4-6-23(26)36-24-15-22(33)28(14-21(24)31)46(42,43)39(29-16-34-9-10-35-29)25-7-5-20(44-2)13-27(25)45-3/h4-7,9-10,12-16,19,36H,8,11,17H2,1-3H3,(H,40,41). The molecule has 0 saturated carbocycles. The Morgan fingerprint density at radius 3 is 2.54 bits per heavy atom. The van der Waals surface area contributed by atoms with Crippen molar-refractivity contribution in [2.75, 3.05) is 48.9 Å². The summed E-state index contributed by atoms with van der Waals surface area (Å²) in [4.78, 5) is 21.8. The minimum absolute atomic E-state index is 0.00920. The zero-order chi connectivity index (χ0) is 33.2. The van der Waals surface area contributed by atoms with Gasteiger partial charge in [0.25, 0.3) is 10.0 Å². The number of nitrogens with one attached hydrogen (secondary N) is 1. The third-order valence-electron chi connectivity index (χ3n) is 7.49. The summed E-state index contributed by atoms with van der Waals surface area (Å²) in [5.74, 6) is -1.33. The maximum absolute atomic E-state index is 15.9.